The zero-order valence-corrected chi connectivity index (χ0v) is 9.58. The molecule has 1 atom stereocenters. The van der Waals surface area contributed by atoms with Gasteiger partial charge < -0.3 is 10.3 Å². The number of nitrogens with one attached hydrogen (secondary N) is 2. The van der Waals surface area contributed by atoms with Gasteiger partial charge >= 0.3 is 0 Å². The van der Waals surface area contributed by atoms with Crippen LogP contribution in [0.3, 0.4) is 0 Å². The SMILES string of the molecule is Brc1ccc2[nH]c(C3CN=CN3)cc2c1. The number of halogens is 1. The maximum Gasteiger partial charge on any atom is 0.0867 e. The summed E-state index contributed by atoms with van der Waals surface area (Å²) >= 11 is 3.47. The lowest BCUT2D eigenvalue weighted by Gasteiger charge is -2.05. The predicted molar refractivity (Wildman–Crippen MR) is 65.2 cm³/mol. The summed E-state index contributed by atoms with van der Waals surface area (Å²) in [7, 11) is 0. The highest BCUT2D eigenvalue weighted by Crippen LogP contribution is 2.24. The lowest BCUT2D eigenvalue weighted by atomic mass is 10.2. The van der Waals surface area contributed by atoms with E-state index in [1.54, 1.807) is 6.34 Å². The summed E-state index contributed by atoms with van der Waals surface area (Å²) in [5.41, 5.74) is 2.36. The van der Waals surface area contributed by atoms with E-state index in [1.165, 1.54) is 16.6 Å². The molecule has 3 nitrogen and oxygen atoms in total. The van der Waals surface area contributed by atoms with Gasteiger partial charge in [0.1, 0.15) is 0 Å². The number of H-pyrrole nitrogens is 1. The Bertz CT molecular complexity index is 522. The van der Waals surface area contributed by atoms with Crippen LogP contribution in [0.5, 0.6) is 0 Å². The van der Waals surface area contributed by atoms with Gasteiger partial charge in [0.05, 0.1) is 18.9 Å². The van der Waals surface area contributed by atoms with Gasteiger partial charge in [-0.1, -0.05) is 15.9 Å². The third-order valence-corrected chi connectivity index (χ3v) is 3.13. The van der Waals surface area contributed by atoms with Crippen LogP contribution in [0.2, 0.25) is 0 Å². The number of fused-ring (bicyclic) bond motifs is 1. The minimum Gasteiger partial charge on any atom is -0.366 e. The van der Waals surface area contributed by atoms with Gasteiger partial charge in [-0.2, -0.15) is 0 Å². The Labute approximate surface area is 95.7 Å². The summed E-state index contributed by atoms with van der Waals surface area (Å²) in [5, 5.41) is 4.44. The molecule has 1 unspecified atom stereocenters. The number of hydrogen-bond acceptors (Lipinski definition) is 2. The normalized spacial score (nSPS) is 19.7. The molecule has 2 aromatic rings. The van der Waals surface area contributed by atoms with Gasteiger partial charge in [-0.15, -0.1) is 0 Å². The molecule has 2 heterocycles. The molecule has 0 amide bonds. The number of aromatic amines is 1. The molecular formula is C11H10BrN3. The van der Waals surface area contributed by atoms with Crippen LogP contribution in [0.25, 0.3) is 10.9 Å². The Balaban J connectivity index is 2.06. The highest BCUT2D eigenvalue weighted by molar-refractivity contribution is 9.10. The molecule has 1 aromatic heterocycles. The molecule has 15 heavy (non-hydrogen) atoms. The van der Waals surface area contributed by atoms with Crippen molar-refractivity contribution in [3.05, 3.63) is 34.4 Å². The van der Waals surface area contributed by atoms with Crippen LogP contribution in [0.1, 0.15) is 11.7 Å². The average molecular weight is 264 g/mol. The number of aromatic nitrogens is 1. The Morgan fingerprint density at radius 3 is 3.07 bits per heavy atom. The van der Waals surface area contributed by atoms with E-state index >= 15 is 0 Å². The van der Waals surface area contributed by atoms with E-state index < -0.39 is 0 Å². The van der Waals surface area contributed by atoms with Crippen molar-refractivity contribution in [3.8, 4) is 0 Å². The number of hydrogen-bond donors (Lipinski definition) is 2. The summed E-state index contributed by atoms with van der Waals surface area (Å²) in [5.74, 6) is 0. The van der Waals surface area contributed by atoms with Crippen LogP contribution in [-0.2, 0) is 0 Å². The Hall–Kier alpha value is -1.29. The molecule has 2 N–H and O–H groups in total. The Morgan fingerprint density at radius 2 is 2.27 bits per heavy atom. The van der Waals surface area contributed by atoms with Crippen molar-refractivity contribution < 1.29 is 0 Å². The summed E-state index contributed by atoms with van der Waals surface area (Å²) in [6.07, 6.45) is 1.77. The Kier molecular flexibility index (Phi) is 2.02. The van der Waals surface area contributed by atoms with E-state index in [2.05, 4.69) is 49.4 Å². The number of aliphatic imine (C=N–C) groups is 1. The molecule has 0 aliphatic carbocycles. The summed E-state index contributed by atoms with van der Waals surface area (Å²) in [6.45, 7) is 0.813. The van der Waals surface area contributed by atoms with Gasteiger partial charge in [0.25, 0.3) is 0 Å². The van der Waals surface area contributed by atoms with Gasteiger partial charge in [-0.05, 0) is 24.3 Å². The van der Waals surface area contributed by atoms with E-state index in [1.807, 2.05) is 6.07 Å². The molecule has 0 saturated carbocycles. The molecule has 0 radical (unpaired) electrons. The predicted octanol–water partition coefficient (Wildman–Crippen LogP) is 2.60. The molecule has 0 fully saturated rings. The fourth-order valence-electron chi connectivity index (χ4n) is 1.86. The van der Waals surface area contributed by atoms with Crippen molar-refractivity contribution >= 4 is 33.2 Å². The molecule has 1 aliphatic rings. The van der Waals surface area contributed by atoms with E-state index in [4.69, 9.17) is 0 Å². The van der Waals surface area contributed by atoms with Crippen molar-refractivity contribution in [2.75, 3.05) is 6.54 Å². The van der Waals surface area contributed by atoms with Crippen molar-refractivity contribution in [2.24, 2.45) is 4.99 Å². The van der Waals surface area contributed by atoms with Gasteiger partial charge in [-0.3, -0.25) is 4.99 Å². The van der Waals surface area contributed by atoms with Crippen LogP contribution < -0.4 is 5.32 Å². The first kappa shape index (κ1) is 8.97. The topological polar surface area (TPSA) is 40.2 Å². The Morgan fingerprint density at radius 1 is 1.33 bits per heavy atom. The first-order chi connectivity index (χ1) is 7.33. The maximum absolute atomic E-state index is 4.16. The van der Waals surface area contributed by atoms with Gasteiger partial charge in [0, 0.05) is 21.1 Å². The minimum absolute atomic E-state index is 0.302. The van der Waals surface area contributed by atoms with E-state index in [9.17, 15) is 0 Å². The quantitative estimate of drug-likeness (QED) is 0.816. The summed E-state index contributed by atoms with van der Waals surface area (Å²) in [6, 6.07) is 8.72. The van der Waals surface area contributed by atoms with Crippen LogP contribution in [0, 0.1) is 0 Å². The molecule has 76 valence electrons. The molecule has 1 aromatic carbocycles. The zero-order valence-electron chi connectivity index (χ0n) is 8.00. The molecule has 0 saturated heterocycles. The van der Waals surface area contributed by atoms with Crippen molar-refractivity contribution in [3.63, 3.8) is 0 Å². The van der Waals surface area contributed by atoms with Crippen molar-refractivity contribution in [1.29, 1.82) is 0 Å². The lowest BCUT2D eigenvalue weighted by Crippen LogP contribution is -2.15. The van der Waals surface area contributed by atoms with Crippen LogP contribution in [0.4, 0.5) is 0 Å². The third-order valence-electron chi connectivity index (χ3n) is 2.63. The summed E-state index contributed by atoms with van der Waals surface area (Å²) in [4.78, 5) is 7.56. The van der Waals surface area contributed by atoms with E-state index in [0.717, 1.165) is 11.0 Å². The molecule has 1 aliphatic heterocycles. The number of rotatable bonds is 1. The van der Waals surface area contributed by atoms with Crippen molar-refractivity contribution in [1.82, 2.24) is 10.3 Å². The van der Waals surface area contributed by atoms with Crippen molar-refractivity contribution in [2.45, 2.75) is 6.04 Å². The fourth-order valence-corrected chi connectivity index (χ4v) is 2.23. The third kappa shape index (κ3) is 1.55. The van der Waals surface area contributed by atoms with Crippen LogP contribution >= 0.6 is 15.9 Å². The highest BCUT2D eigenvalue weighted by Gasteiger charge is 2.14. The van der Waals surface area contributed by atoms with E-state index in [0.29, 0.717) is 6.04 Å². The smallest absolute Gasteiger partial charge is 0.0867 e. The molecule has 0 spiro atoms. The first-order valence-corrected chi connectivity index (χ1v) is 5.65. The molecule has 0 bridgehead atoms. The number of benzene rings is 1. The van der Waals surface area contributed by atoms with Gasteiger partial charge in [-0.25, -0.2) is 0 Å². The standard InChI is InChI=1S/C11H10BrN3/c12-8-1-2-9-7(3-8)4-10(15-9)11-5-13-6-14-11/h1-4,6,11,15H,5H2,(H,13,14). The van der Waals surface area contributed by atoms with E-state index in [-0.39, 0.29) is 0 Å². The van der Waals surface area contributed by atoms with Gasteiger partial charge in [0.15, 0.2) is 0 Å². The minimum atomic E-state index is 0.302. The molecular weight excluding hydrogens is 254 g/mol. The largest absolute Gasteiger partial charge is 0.366 e. The highest BCUT2D eigenvalue weighted by atomic mass is 79.9. The molecule has 3 rings (SSSR count). The monoisotopic (exact) mass is 263 g/mol. The fraction of sp³-hybridized carbons (Fsp3) is 0.182. The number of nitrogens with zero attached hydrogens (tertiary/aromatic N) is 1. The molecule has 4 heteroatoms. The zero-order chi connectivity index (χ0) is 10.3. The second-order valence-corrected chi connectivity index (χ2v) is 4.59. The first-order valence-electron chi connectivity index (χ1n) is 4.85. The maximum atomic E-state index is 4.16. The average Bonchev–Trinajstić information content (AvgIpc) is 2.84. The second kappa shape index (κ2) is 3.38. The second-order valence-electron chi connectivity index (χ2n) is 3.67. The summed E-state index contributed by atoms with van der Waals surface area (Å²) < 4.78 is 1.11. The van der Waals surface area contributed by atoms with Gasteiger partial charge in [0.2, 0.25) is 0 Å². The van der Waals surface area contributed by atoms with Crippen LogP contribution in [0.15, 0.2) is 33.7 Å². The van der Waals surface area contributed by atoms with Crippen LogP contribution in [-0.4, -0.2) is 17.9 Å². The lowest BCUT2D eigenvalue weighted by molar-refractivity contribution is 0.695.